The number of oxazole rings is 1. The summed E-state index contributed by atoms with van der Waals surface area (Å²) in [4.78, 5) is 32.1. The Morgan fingerprint density at radius 1 is 1.00 bits per heavy atom. The van der Waals surface area contributed by atoms with Gasteiger partial charge in [-0.15, -0.1) is 0 Å². The van der Waals surface area contributed by atoms with Gasteiger partial charge in [-0.2, -0.15) is 0 Å². The molecule has 0 atom stereocenters. The number of nitrogens with one attached hydrogen (secondary N) is 1. The minimum absolute atomic E-state index is 0.0203. The summed E-state index contributed by atoms with van der Waals surface area (Å²) in [5.74, 6) is 1.11. The number of nitrogens with zero attached hydrogens (tertiary/aromatic N) is 2. The Hall–Kier alpha value is -3.15. The van der Waals surface area contributed by atoms with Gasteiger partial charge in [-0.1, -0.05) is 37.0 Å². The first-order valence-corrected chi connectivity index (χ1v) is 12.6. The Morgan fingerprint density at radius 2 is 1.74 bits per heavy atom. The van der Waals surface area contributed by atoms with Gasteiger partial charge in [-0.3, -0.25) is 9.59 Å². The van der Waals surface area contributed by atoms with Crippen LogP contribution in [0.25, 0.3) is 22.6 Å². The molecular weight excluding hydrogens is 426 g/mol. The first-order chi connectivity index (χ1) is 16.5. The van der Waals surface area contributed by atoms with Gasteiger partial charge in [0.25, 0.3) is 5.91 Å². The Bertz CT molecular complexity index is 1150. The van der Waals surface area contributed by atoms with E-state index < -0.39 is 0 Å². The molecule has 3 aromatic rings. The van der Waals surface area contributed by atoms with Gasteiger partial charge in [-0.05, 0) is 68.9 Å². The summed E-state index contributed by atoms with van der Waals surface area (Å²) in [6.45, 7) is 3.42. The highest BCUT2D eigenvalue weighted by Gasteiger charge is 2.26. The number of fused-ring (bicyclic) bond motifs is 1. The molecule has 5 rings (SSSR count). The van der Waals surface area contributed by atoms with Crippen molar-refractivity contribution in [2.45, 2.75) is 64.3 Å². The van der Waals surface area contributed by atoms with Crippen molar-refractivity contribution in [3.63, 3.8) is 0 Å². The molecule has 0 radical (unpaired) electrons. The molecule has 1 saturated heterocycles. The maximum atomic E-state index is 13.1. The summed E-state index contributed by atoms with van der Waals surface area (Å²) in [7, 11) is 0. The van der Waals surface area contributed by atoms with Crippen LogP contribution in [-0.4, -0.2) is 40.8 Å². The fourth-order valence-electron chi connectivity index (χ4n) is 5.20. The molecule has 178 valence electrons. The zero-order chi connectivity index (χ0) is 23.5. The fraction of sp³-hybridized carbons (Fsp3) is 0.464. The molecule has 2 heterocycles. The third kappa shape index (κ3) is 5.16. The number of aromatic nitrogens is 1. The van der Waals surface area contributed by atoms with Crippen LogP contribution in [0, 0.1) is 12.8 Å². The van der Waals surface area contributed by atoms with Gasteiger partial charge < -0.3 is 14.6 Å². The van der Waals surface area contributed by atoms with Crippen LogP contribution in [0.1, 0.15) is 67.3 Å². The molecule has 1 N–H and O–H groups in total. The second-order valence-corrected chi connectivity index (χ2v) is 9.91. The average Bonchev–Trinajstić information content (AvgIpc) is 3.28. The quantitative estimate of drug-likeness (QED) is 0.547. The summed E-state index contributed by atoms with van der Waals surface area (Å²) in [5, 5.41) is 3.22. The molecule has 0 bridgehead atoms. The van der Waals surface area contributed by atoms with E-state index in [-0.39, 0.29) is 11.8 Å². The molecule has 1 aromatic heterocycles. The van der Waals surface area contributed by atoms with E-state index in [0.29, 0.717) is 54.0 Å². The van der Waals surface area contributed by atoms with Gasteiger partial charge in [0.1, 0.15) is 5.52 Å². The molecule has 2 amide bonds. The van der Waals surface area contributed by atoms with Crippen LogP contribution >= 0.6 is 0 Å². The summed E-state index contributed by atoms with van der Waals surface area (Å²) < 4.78 is 5.91. The topological polar surface area (TPSA) is 75.4 Å². The predicted molar refractivity (Wildman–Crippen MR) is 132 cm³/mol. The molecule has 2 aromatic carbocycles. The average molecular weight is 460 g/mol. The minimum atomic E-state index is 0.0203. The lowest BCUT2D eigenvalue weighted by molar-refractivity contribution is -0.123. The highest BCUT2D eigenvalue weighted by molar-refractivity contribution is 5.97. The first kappa shape index (κ1) is 22.6. The second kappa shape index (κ2) is 10.00. The summed E-state index contributed by atoms with van der Waals surface area (Å²) in [6, 6.07) is 13.9. The van der Waals surface area contributed by atoms with E-state index in [1.807, 2.05) is 54.3 Å². The van der Waals surface area contributed by atoms with Gasteiger partial charge in [0.05, 0.1) is 0 Å². The normalized spacial score (nSPS) is 17.7. The van der Waals surface area contributed by atoms with Gasteiger partial charge >= 0.3 is 0 Å². The van der Waals surface area contributed by atoms with Crippen molar-refractivity contribution in [2.75, 3.05) is 13.1 Å². The lowest BCUT2D eigenvalue weighted by atomic mass is 9.91. The van der Waals surface area contributed by atoms with Crippen LogP contribution in [0.15, 0.2) is 46.9 Å². The fourth-order valence-corrected chi connectivity index (χ4v) is 5.20. The molecule has 2 fully saturated rings. The van der Waals surface area contributed by atoms with Gasteiger partial charge in [-0.25, -0.2) is 4.98 Å². The smallest absolute Gasteiger partial charge is 0.253 e. The van der Waals surface area contributed by atoms with E-state index >= 15 is 0 Å². The van der Waals surface area contributed by atoms with Gasteiger partial charge in [0, 0.05) is 36.7 Å². The zero-order valence-electron chi connectivity index (χ0n) is 19.9. The number of hydrogen-bond donors (Lipinski definition) is 1. The van der Waals surface area contributed by atoms with Gasteiger partial charge in [0.2, 0.25) is 11.8 Å². The van der Waals surface area contributed by atoms with Crippen LogP contribution < -0.4 is 5.32 Å². The third-order valence-electron chi connectivity index (χ3n) is 7.28. The number of rotatable bonds is 5. The van der Waals surface area contributed by atoms with Crippen LogP contribution in [0.4, 0.5) is 0 Å². The Morgan fingerprint density at radius 3 is 2.47 bits per heavy atom. The largest absolute Gasteiger partial charge is 0.436 e. The molecular formula is C28H33N3O3. The summed E-state index contributed by atoms with van der Waals surface area (Å²) in [6.07, 6.45) is 8.27. The van der Waals surface area contributed by atoms with Crippen molar-refractivity contribution in [3.05, 3.63) is 53.6 Å². The van der Waals surface area contributed by atoms with E-state index in [1.165, 1.54) is 24.8 Å². The van der Waals surface area contributed by atoms with Crippen molar-refractivity contribution in [1.29, 1.82) is 0 Å². The monoisotopic (exact) mass is 459 g/mol. The SMILES string of the molecule is Cc1ccc(-c2nc3cc(C(=O)N4CCC(CC(=O)NC5CCCCC5)CC4)ccc3o2)cc1. The molecule has 1 aliphatic heterocycles. The molecule has 0 unspecified atom stereocenters. The molecule has 6 heteroatoms. The van der Waals surface area contributed by atoms with E-state index in [1.54, 1.807) is 0 Å². The predicted octanol–water partition coefficient (Wildman–Crippen LogP) is 5.49. The summed E-state index contributed by atoms with van der Waals surface area (Å²) >= 11 is 0. The van der Waals surface area contributed by atoms with Crippen LogP contribution in [0.3, 0.4) is 0 Å². The number of hydrogen-bond acceptors (Lipinski definition) is 4. The Kier molecular flexibility index (Phi) is 6.66. The standard InChI is InChI=1S/C28H33N3O3/c1-19-7-9-21(10-8-19)27-30-24-18-22(11-12-25(24)34-27)28(33)31-15-13-20(14-16-31)17-26(32)29-23-5-3-2-4-6-23/h7-12,18,20,23H,2-6,13-17H2,1H3,(H,29,32). The van der Waals surface area contributed by atoms with E-state index in [4.69, 9.17) is 4.42 Å². The van der Waals surface area contributed by atoms with Crippen molar-refractivity contribution >= 4 is 22.9 Å². The number of likely N-dealkylation sites (tertiary alicyclic amines) is 1. The van der Waals surface area contributed by atoms with Crippen LogP contribution in [0.2, 0.25) is 0 Å². The zero-order valence-corrected chi connectivity index (χ0v) is 19.9. The van der Waals surface area contributed by atoms with Crippen LogP contribution in [-0.2, 0) is 4.79 Å². The number of carbonyl (C=O) groups is 2. The second-order valence-electron chi connectivity index (χ2n) is 9.91. The number of carbonyl (C=O) groups excluding carboxylic acids is 2. The van der Waals surface area contributed by atoms with Crippen molar-refractivity contribution in [3.8, 4) is 11.5 Å². The molecule has 34 heavy (non-hydrogen) atoms. The van der Waals surface area contributed by atoms with Crippen LogP contribution in [0.5, 0.6) is 0 Å². The summed E-state index contributed by atoms with van der Waals surface area (Å²) in [5.41, 5.74) is 4.10. The maximum Gasteiger partial charge on any atom is 0.253 e. The van der Waals surface area contributed by atoms with Crippen molar-refractivity contribution in [1.82, 2.24) is 15.2 Å². The molecule has 0 spiro atoms. The highest BCUT2D eigenvalue weighted by atomic mass is 16.3. The Labute approximate surface area is 200 Å². The van der Waals surface area contributed by atoms with Crippen molar-refractivity contribution in [2.24, 2.45) is 5.92 Å². The van der Waals surface area contributed by atoms with E-state index in [9.17, 15) is 9.59 Å². The first-order valence-electron chi connectivity index (χ1n) is 12.6. The molecule has 6 nitrogen and oxygen atoms in total. The minimum Gasteiger partial charge on any atom is -0.436 e. The number of aryl methyl sites for hydroxylation is 1. The Balaban J connectivity index is 1.17. The lowest BCUT2D eigenvalue weighted by Gasteiger charge is -2.32. The van der Waals surface area contributed by atoms with E-state index in [0.717, 1.165) is 31.2 Å². The molecule has 2 aliphatic rings. The lowest BCUT2D eigenvalue weighted by Crippen LogP contribution is -2.41. The number of piperidine rings is 1. The maximum absolute atomic E-state index is 13.1. The van der Waals surface area contributed by atoms with Crippen molar-refractivity contribution < 1.29 is 14.0 Å². The highest BCUT2D eigenvalue weighted by Crippen LogP contribution is 2.27. The van der Waals surface area contributed by atoms with Gasteiger partial charge in [0.15, 0.2) is 5.58 Å². The van der Waals surface area contributed by atoms with E-state index in [2.05, 4.69) is 10.3 Å². The molecule has 1 aliphatic carbocycles. The molecule has 1 saturated carbocycles. The number of benzene rings is 2. The number of amides is 2. The third-order valence-corrected chi connectivity index (χ3v) is 7.28.